The Morgan fingerprint density at radius 3 is 1.20 bits per heavy atom. The molecule has 3 heterocycles. The van der Waals surface area contributed by atoms with Crippen molar-refractivity contribution in [3.05, 3.63) is 94.1 Å². The molecule has 0 saturated carbocycles. The van der Waals surface area contributed by atoms with Gasteiger partial charge in [0, 0.05) is 28.8 Å². The van der Waals surface area contributed by atoms with Gasteiger partial charge in [0.2, 0.25) is 0 Å². The third-order valence-corrected chi connectivity index (χ3v) is 7.97. The predicted molar refractivity (Wildman–Crippen MR) is 174 cm³/mol. The summed E-state index contributed by atoms with van der Waals surface area (Å²) in [5, 5.41) is 0.854. The maximum absolute atomic E-state index is 6.63. The van der Waals surface area contributed by atoms with E-state index in [9.17, 15) is 0 Å². The minimum absolute atomic E-state index is 0.174. The summed E-state index contributed by atoms with van der Waals surface area (Å²) in [7, 11) is 6.05. The monoisotopic (exact) mass is 682 g/mol. The lowest BCUT2D eigenvalue weighted by atomic mass is 10.1. The molecule has 12 heteroatoms. The Balaban J connectivity index is 1.28. The number of benzene rings is 3. The average molecular weight is 684 g/mol. The molecular formula is C34H25Cl3O9. The second kappa shape index (κ2) is 13.3. The fraction of sp³-hybridized carbons (Fsp3) is 0.118. The molecule has 0 fully saturated rings. The highest BCUT2D eigenvalue weighted by atomic mass is 35.5. The second-order valence-corrected chi connectivity index (χ2v) is 10.7. The number of rotatable bonds is 11. The van der Waals surface area contributed by atoms with Crippen LogP contribution in [0.1, 0.15) is 0 Å². The van der Waals surface area contributed by atoms with E-state index in [1.54, 1.807) is 73.0 Å². The maximum atomic E-state index is 6.63. The normalized spacial score (nSPS) is 10.9. The van der Waals surface area contributed by atoms with Crippen molar-refractivity contribution in [2.24, 2.45) is 0 Å². The number of hydrogen-bond donors (Lipinski definition) is 0. The first-order valence-electron chi connectivity index (χ1n) is 13.6. The summed E-state index contributed by atoms with van der Waals surface area (Å²) >= 11 is 19.5. The molecule has 0 amide bonds. The van der Waals surface area contributed by atoms with Crippen molar-refractivity contribution in [1.29, 1.82) is 0 Å². The molecular weight excluding hydrogens is 659 g/mol. The summed E-state index contributed by atoms with van der Waals surface area (Å²) < 4.78 is 51.3. The summed E-state index contributed by atoms with van der Waals surface area (Å²) in [4.78, 5) is 0. The number of halogens is 3. The van der Waals surface area contributed by atoms with E-state index in [2.05, 4.69) is 0 Å². The topological polar surface area (TPSA) is 94.8 Å². The summed E-state index contributed by atoms with van der Waals surface area (Å²) in [6.07, 6.45) is 1.58. The van der Waals surface area contributed by atoms with Crippen molar-refractivity contribution in [2.75, 3.05) is 28.4 Å². The van der Waals surface area contributed by atoms with Crippen LogP contribution in [0.3, 0.4) is 0 Å². The standard InChI is InChI=1S/C34H25Cl3O9/c1-38-24-13-19(14-25(39-2)32(24)35)22-7-9-30(43-22)46-29-17-20(15-27(41-4)34(29)37)23-8-10-31(44-23)45-28-16-18(21-6-5-11-42-21)12-26(40-3)33(28)36/h5-17H,1-4H3. The van der Waals surface area contributed by atoms with Crippen molar-refractivity contribution < 1.29 is 41.7 Å². The Kier molecular flexibility index (Phi) is 8.99. The van der Waals surface area contributed by atoms with Gasteiger partial charge < -0.3 is 41.7 Å². The van der Waals surface area contributed by atoms with Gasteiger partial charge >= 0.3 is 0 Å². The Bertz CT molecular complexity index is 1970. The van der Waals surface area contributed by atoms with Gasteiger partial charge in [0.25, 0.3) is 11.9 Å². The van der Waals surface area contributed by atoms with Crippen LogP contribution in [0.5, 0.6) is 46.4 Å². The maximum Gasteiger partial charge on any atom is 0.290 e. The molecule has 0 N–H and O–H groups in total. The Morgan fingerprint density at radius 1 is 0.457 bits per heavy atom. The van der Waals surface area contributed by atoms with Crippen LogP contribution in [0.25, 0.3) is 34.0 Å². The number of hydrogen-bond acceptors (Lipinski definition) is 9. The van der Waals surface area contributed by atoms with Crippen molar-refractivity contribution in [2.45, 2.75) is 0 Å². The van der Waals surface area contributed by atoms with E-state index in [4.69, 9.17) is 76.5 Å². The number of furan rings is 3. The molecule has 3 aromatic heterocycles. The van der Waals surface area contributed by atoms with Gasteiger partial charge in [-0.15, -0.1) is 0 Å². The van der Waals surface area contributed by atoms with Gasteiger partial charge in [-0.2, -0.15) is 0 Å². The van der Waals surface area contributed by atoms with Gasteiger partial charge in [0.15, 0.2) is 11.5 Å². The minimum atomic E-state index is 0.174. The molecule has 0 radical (unpaired) electrons. The molecule has 3 aromatic carbocycles. The summed E-state index contributed by atoms with van der Waals surface area (Å²) in [5.74, 6) is 4.12. The highest BCUT2D eigenvalue weighted by Gasteiger charge is 2.20. The quantitative estimate of drug-likeness (QED) is 0.132. The average Bonchev–Trinajstić information content (AvgIpc) is 3.86. The third-order valence-electron chi connectivity index (χ3n) is 6.86. The van der Waals surface area contributed by atoms with Crippen LogP contribution in [0.4, 0.5) is 0 Å². The van der Waals surface area contributed by atoms with Crippen LogP contribution >= 0.6 is 34.8 Å². The summed E-state index contributed by atoms with van der Waals surface area (Å²) in [5.41, 5.74) is 1.98. The van der Waals surface area contributed by atoms with E-state index in [0.29, 0.717) is 67.7 Å². The Morgan fingerprint density at radius 2 is 0.826 bits per heavy atom. The zero-order valence-electron chi connectivity index (χ0n) is 24.8. The van der Waals surface area contributed by atoms with E-state index in [1.807, 2.05) is 6.07 Å². The number of ether oxygens (including phenoxy) is 6. The molecule has 6 rings (SSSR count). The molecule has 0 aliphatic heterocycles. The van der Waals surface area contributed by atoms with Crippen LogP contribution < -0.4 is 28.4 Å². The molecule has 0 bridgehead atoms. The van der Waals surface area contributed by atoms with E-state index in [-0.39, 0.29) is 27.7 Å². The lowest BCUT2D eigenvalue weighted by Gasteiger charge is -2.12. The zero-order chi connectivity index (χ0) is 32.4. The minimum Gasteiger partial charge on any atom is -0.495 e. The first-order chi connectivity index (χ1) is 22.3. The van der Waals surface area contributed by atoms with Crippen molar-refractivity contribution in [3.63, 3.8) is 0 Å². The van der Waals surface area contributed by atoms with Crippen LogP contribution in [0.15, 0.2) is 92.3 Å². The van der Waals surface area contributed by atoms with Gasteiger partial charge in [0.1, 0.15) is 55.3 Å². The molecule has 0 spiro atoms. The molecule has 0 atom stereocenters. The van der Waals surface area contributed by atoms with Crippen LogP contribution in [-0.4, -0.2) is 28.4 Å². The van der Waals surface area contributed by atoms with Gasteiger partial charge in [0.05, 0.1) is 34.7 Å². The Hall–Kier alpha value is -4.83. The van der Waals surface area contributed by atoms with Crippen molar-refractivity contribution in [3.8, 4) is 80.4 Å². The molecule has 0 unspecified atom stereocenters. The summed E-state index contributed by atoms with van der Waals surface area (Å²) in [6.45, 7) is 0. The number of methoxy groups -OCH3 is 4. The third kappa shape index (κ3) is 6.17. The van der Waals surface area contributed by atoms with E-state index < -0.39 is 0 Å². The first-order valence-corrected chi connectivity index (χ1v) is 14.7. The van der Waals surface area contributed by atoms with Crippen LogP contribution in [0.2, 0.25) is 15.1 Å². The van der Waals surface area contributed by atoms with Gasteiger partial charge in [-0.25, -0.2) is 0 Å². The molecule has 0 saturated heterocycles. The molecule has 0 aliphatic carbocycles. The largest absolute Gasteiger partial charge is 0.495 e. The molecule has 6 aromatic rings. The lowest BCUT2D eigenvalue weighted by molar-refractivity contribution is 0.345. The summed E-state index contributed by atoms with van der Waals surface area (Å²) in [6, 6.07) is 20.8. The second-order valence-electron chi connectivity index (χ2n) is 9.59. The molecule has 236 valence electrons. The predicted octanol–water partition coefficient (Wildman–Crippen LogP) is 11.0. The van der Waals surface area contributed by atoms with Crippen molar-refractivity contribution in [1.82, 2.24) is 0 Å². The fourth-order valence-electron chi connectivity index (χ4n) is 4.61. The highest BCUT2D eigenvalue weighted by Crippen LogP contribution is 2.45. The van der Waals surface area contributed by atoms with Crippen LogP contribution in [-0.2, 0) is 0 Å². The first kappa shape index (κ1) is 31.2. The molecule has 9 nitrogen and oxygen atoms in total. The zero-order valence-corrected chi connectivity index (χ0v) is 27.1. The van der Waals surface area contributed by atoms with Gasteiger partial charge in [-0.05, 0) is 60.7 Å². The van der Waals surface area contributed by atoms with Gasteiger partial charge in [-0.1, -0.05) is 34.8 Å². The SMILES string of the molecule is COc1cc(-c2ccc(Oc3cc(-c4ccc(Oc5cc(-c6ccco6)cc(OC)c5Cl)o4)cc(OC)c3Cl)o2)cc(OC)c1Cl. The molecule has 0 aliphatic rings. The van der Waals surface area contributed by atoms with Gasteiger partial charge in [-0.3, -0.25) is 0 Å². The van der Waals surface area contributed by atoms with E-state index in [0.717, 1.165) is 0 Å². The van der Waals surface area contributed by atoms with E-state index in [1.165, 1.54) is 28.4 Å². The van der Waals surface area contributed by atoms with Crippen molar-refractivity contribution >= 4 is 34.8 Å². The smallest absolute Gasteiger partial charge is 0.290 e. The van der Waals surface area contributed by atoms with E-state index >= 15 is 0 Å². The molecule has 46 heavy (non-hydrogen) atoms. The Labute approximate surface area is 278 Å². The van der Waals surface area contributed by atoms with Crippen LogP contribution in [0, 0.1) is 0 Å². The highest BCUT2D eigenvalue weighted by molar-refractivity contribution is 6.34. The fourth-order valence-corrected chi connectivity index (χ4v) is 5.32. The lowest BCUT2D eigenvalue weighted by Crippen LogP contribution is -1.91.